The number of rotatable bonds is 6. The first-order valence-corrected chi connectivity index (χ1v) is 8.20. The van der Waals surface area contributed by atoms with Gasteiger partial charge in [0.05, 0.1) is 0 Å². The lowest BCUT2D eigenvalue weighted by atomic mass is 9.97. The van der Waals surface area contributed by atoms with Gasteiger partial charge in [0.15, 0.2) is 11.6 Å². The van der Waals surface area contributed by atoms with E-state index >= 15 is 0 Å². The van der Waals surface area contributed by atoms with Crippen molar-refractivity contribution in [3.63, 3.8) is 0 Å². The van der Waals surface area contributed by atoms with Crippen molar-refractivity contribution < 1.29 is 28.5 Å². The van der Waals surface area contributed by atoms with Crippen LogP contribution >= 0.6 is 0 Å². The molecule has 0 aliphatic carbocycles. The molecule has 0 N–H and O–H groups in total. The van der Waals surface area contributed by atoms with E-state index in [9.17, 15) is 4.79 Å². The van der Waals surface area contributed by atoms with Crippen molar-refractivity contribution in [3.8, 4) is 0 Å². The van der Waals surface area contributed by atoms with Crippen LogP contribution in [0.2, 0.25) is 0 Å². The lowest BCUT2D eigenvalue weighted by molar-refractivity contribution is -0.176. The van der Waals surface area contributed by atoms with Gasteiger partial charge in [-0.15, -0.1) is 13.2 Å². The van der Waals surface area contributed by atoms with E-state index in [1.165, 1.54) is 6.92 Å². The second kappa shape index (κ2) is 6.96. The van der Waals surface area contributed by atoms with Crippen LogP contribution in [0.5, 0.6) is 0 Å². The van der Waals surface area contributed by atoms with Gasteiger partial charge >= 0.3 is 5.97 Å². The van der Waals surface area contributed by atoms with Crippen LogP contribution in [0.4, 0.5) is 0 Å². The van der Waals surface area contributed by atoms with E-state index in [1.807, 2.05) is 27.7 Å². The van der Waals surface area contributed by atoms with Gasteiger partial charge < -0.3 is 23.7 Å². The van der Waals surface area contributed by atoms with Crippen LogP contribution < -0.4 is 0 Å². The zero-order chi connectivity index (χ0) is 18.1. The second-order valence-corrected chi connectivity index (χ2v) is 7.04. The zero-order valence-electron chi connectivity index (χ0n) is 15.1. The van der Waals surface area contributed by atoms with Crippen molar-refractivity contribution in [3.05, 3.63) is 25.3 Å². The van der Waals surface area contributed by atoms with Crippen molar-refractivity contribution in [2.24, 2.45) is 0 Å². The molecule has 2 saturated heterocycles. The third-order valence-electron chi connectivity index (χ3n) is 3.97. The summed E-state index contributed by atoms with van der Waals surface area (Å²) < 4.78 is 29.4. The maximum absolute atomic E-state index is 11.5. The van der Waals surface area contributed by atoms with E-state index < -0.39 is 36.0 Å². The van der Waals surface area contributed by atoms with Crippen LogP contribution in [0.3, 0.4) is 0 Å². The van der Waals surface area contributed by atoms with Crippen molar-refractivity contribution in [2.45, 2.75) is 83.1 Å². The van der Waals surface area contributed by atoms with Gasteiger partial charge in [0, 0.05) is 13.3 Å². The summed E-state index contributed by atoms with van der Waals surface area (Å²) >= 11 is 0. The monoisotopic (exact) mass is 340 g/mol. The van der Waals surface area contributed by atoms with Gasteiger partial charge in [-0.3, -0.25) is 4.79 Å². The molecule has 6 heteroatoms. The van der Waals surface area contributed by atoms with Gasteiger partial charge in [0.1, 0.15) is 30.5 Å². The Morgan fingerprint density at radius 3 is 2.21 bits per heavy atom. The van der Waals surface area contributed by atoms with Crippen LogP contribution in [0.25, 0.3) is 0 Å². The fraction of sp³-hybridized carbons (Fsp3) is 0.722. The highest BCUT2D eigenvalue weighted by atomic mass is 16.8. The summed E-state index contributed by atoms with van der Waals surface area (Å²) in [6, 6.07) is 0. The van der Waals surface area contributed by atoms with E-state index in [1.54, 1.807) is 12.2 Å². The highest BCUT2D eigenvalue weighted by Crippen LogP contribution is 2.40. The molecule has 6 nitrogen and oxygen atoms in total. The Hall–Kier alpha value is -1.21. The molecule has 0 aromatic rings. The quantitative estimate of drug-likeness (QED) is 0.547. The van der Waals surface area contributed by atoms with Gasteiger partial charge in [-0.1, -0.05) is 12.2 Å². The maximum atomic E-state index is 11.5. The summed E-state index contributed by atoms with van der Waals surface area (Å²) in [5, 5.41) is 0. The van der Waals surface area contributed by atoms with E-state index in [0.29, 0.717) is 6.42 Å². The van der Waals surface area contributed by atoms with E-state index in [0.717, 1.165) is 0 Å². The summed E-state index contributed by atoms with van der Waals surface area (Å²) in [5.41, 5.74) is 0. The predicted molar refractivity (Wildman–Crippen MR) is 88.2 cm³/mol. The minimum absolute atomic E-state index is 0.341. The first-order chi connectivity index (χ1) is 11.1. The first kappa shape index (κ1) is 19.1. The average Bonchev–Trinajstić information content (AvgIpc) is 2.93. The van der Waals surface area contributed by atoms with Crippen molar-refractivity contribution in [1.82, 2.24) is 0 Å². The molecule has 0 spiro atoms. The summed E-state index contributed by atoms with van der Waals surface area (Å²) in [6.45, 7) is 16.2. The van der Waals surface area contributed by atoms with Gasteiger partial charge in [0.2, 0.25) is 0 Å². The molecule has 0 bridgehead atoms. The Kier molecular flexibility index (Phi) is 5.54. The van der Waals surface area contributed by atoms with Crippen molar-refractivity contribution in [1.29, 1.82) is 0 Å². The van der Waals surface area contributed by atoms with Gasteiger partial charge in [0.25, 0.3) is 0 Å². The van der Waals surface area contributed by atoms with Crippen molar-refractivity contribution >= 4 is 5.97 Å². The third-order valence-corrected chi connectivity index (χ3v) is 3.97. The van der Waals surface area contributed by atoms with Crippen LogP contribution in [0, 0.1) is 0 Å². The zero-order valence-corrected chi connectivity index (χ0v) is 15.1. The molecule has 2 rings (SSSR count). The Morgan fingerprint density at radius 2 is 1.67 bits per heavy atom. The Labute approximate surface area is 143 Å². The standard InChI is InChI=1S/C18H28O6/c1-8-10-13(20-11(3)19)15-16(24-18(6,7)23-15)14-12(9-2)21-17(4,5)22-14/h8-9,12-16H,1-2,10H2,3-7H3/t12-,13+,14+,15+,16-/m0/s1. The third kappa shape index (κ3) is 4.25. The molecular formula is C18H28O6. The van der Waals surface area contributed by atoms with Crippen LogP contribution in [0.1, 0.15) is 41.0 Å². The summed E-state index contributed by atoms with van der Waals surface area (Å²) in [7, 11) is 0. The molecule has 0 amide bonds. The molecule has 2 fully saturated rings. The fourth-order valence-corrected chi connectivity index (χ4v) is 3.24. The molecule has 0 saturated carbocycles. The molecule has 0 aromatic heterocycles. The number of hydrogen-bond donors (Lipinski definition) is 0. The molecule has 0 unspecified atom stereocenters. The molecule has 0 aromatic carbocycles. The topological polar surface area (TPSA) is 63.2 Å². The highest BCUT2D eigenvalue weighted by Gasteiger charge is 2.55. The van der Waals surface area contributed by atoms with Crippen LogP contribution in [-0.4, -0.2) is 48.1 Å². The number of esters is 1. The fourth-order valence-electron chi connectivity index (χ4n) is 3.24. The maximum Gasteiger partial charge on any atom is 0.303 e. The number of carbonyl (C=O) groups excluding carboxylic acids is 1. The lowest BCUT2D eigenvalue weighted by Crippen LogP contribution is -2.47. The lowest BCUT2D eigenvalue weighted by Gasteiger charge is -2.29. The van der Waals surface area contributed by atoms with Crippen LogP contribution in [0.15, 0.2) is 25.3 Å². The number of ether oxygens (including phenoxy) is 5. The summed E-state index contributed by atoms with van der Waals surface area (Å²) in [5.74, 6) is -1.95. The van der Waals surface area contributed by atoms with Crippen molar-refractivity contribution in [2.75, 3.05) is 0 Å². The minimum Gasteiger partial charge on any atom is -0.459 e. The molecular weight excluding hydrogens is 312 g/mol. The first-order valence-electron chi connectivity index (χ1n) is 8.20. The van der Waals surface area contributed by atoms with E-state index in [2.05, 4.69) is 13.2 Å². The smallest absolute Gasteiger partial charge is 0.303 e. The predicted octanol–water partition coefficient (Wildman–Crippen LogP) is 2.72. The molecule has 2 heterocycles. The van der Waals surface area contributed by atoms with Crippen LogP contribution in [-0.2, 0) is 28.5 Å². The molecule has 24 heavy (non-hydrogen) atoms. The van der Waals surface area contributed by atoms with Gasteiger partial charge in [-0.2, -0.15) is 0 Å². The highest BCUT2D eigenvalue weighted by molar-refractivity contribution is 5.66. The van der Waals surface area contributed by atoms with Gasteiger partial charge in [-0.25, -0.2) is 0 Å². The average molecular weight is 340 g/mol. The minimum atomic E-state index is -0.823. The summed E-state index contributed by atoms with van der Waals surface area (Å²) in [6.07, 6.45) is 1.62. The Morgan fingerprint density at radius 1 is 1.08 bits per heavy atom. The van der Waals surface area contributed by atoms with Gasteiger partial charge in [-0.05, 0) is 27.7 Å². The Bertz CT molecular complexity index is 498. The van der Waals surface area contributed by atoms with E-state index in [-0.39, 0.29) is 12.1 Å². The SMILES string of the molecule is C=CC[C@@H](OC(C)=O)[C@H]1OC(C)(C)O[C@H]1[C@@H]1OC(C)(C)O[C@H]1C=C. The summed E-state index contributed by atoms with van der Waals surface area (Å²) in [4.78, 5) is 11.5. The second-order valence-electron chi connectivity index (χ2n) is 7.04. The molecule has 2 aliphatic rings. The number of hydrogen-bond acceptors (Lipinski definition) is 6. The molecule has 136 valence electrons. The molecule has 0 radical (unpaired) electrons. The molecule has 2 aliphatic heterocycles. The number of carbonyl (C=O) groups is 1. The molecule has 5 atom stereocenters. The Balaban J connectivity index is 2.28. The largest absolute Gasteiger partial charge is 0.459 e. The normalized spacial score (nSPS) is 35.4. The van der Waals surface area contributed by atoms with E-state index in [4.69, 9.17) is 23.7 Å².